The van der Waals surface area contributed by atoms with Gasteiger partial charge in [0, 0.05) is 18.2 Å². The lowest BCUT2D eigenvalue weighted by Gasteiger charge is -2.35. The Morgan fingerprint density at radius 3 is 2.66 bits per heavy atom. The van der Waals surface area contributed by atoms with E-state index in [2.05, 4.69) is 30.5 Å². The highest BCUT2D eigenvalue weighted by atomic mass is 35.5. The number of rotatable bonds is 5. The maximum Gasteiger partial charge on any atom is 0.270 e. The van der Waals surface area contributed by atoms with Crippen LogP contribution in [0, 0.1) is 5.82 Å². The highest BCUT2D eigenvalue weighted by Crippen LogP contribution is 2.39. The molecule has 0 radical (unpaired) electrons. The summed E-state index contributed by atoms with van der Waals surface area (Å²) in [6.07, 6.45) is 5.49. The summed E-state index contributed by atoms with van der Waals surface area (Å²) in [6, 6.07) is 11.8. The number of halogens is 2. The zero-order valence-corrected chi connectivity index (χ0v) is 17.4. The molecule has 3 heterocycles. The molecular formula is C22H17ClFN7O. The fourth-order valence-corrected chi connectivity index (χ4v) is 3.96. The molecule has 0 spiro atoms. The Hall–Kier alpha value is -3.72. The molecular weight excluding hydrogens is 433 g/mol. The average molecular weight is 450 g/mol. The van der Waals surface area contributed by atoms with Crippen molar-refractivity contribution in [3.05, 3.63) is 83.5 Å². The van der Waals surface area contributed by atoms with Gasteiger partial charge in [0.15, 0.2) is 5.82 Å². The van der Waals surface area contributed by atoms with Crippen molar-refractivity contribution in [1.29, 1.82) is 0 Å². The molecule has 0 bridgehead atoms. The van der Waals surface area contributed by atoms with Crippen LogP contribution in [-0.2, 0) is 0 Å². The Balaban J connectivity index is 1.39. The van der Waals surface area contributed by atoms with Crippen LogP contribution in [0.3, 0.4) is 0 Å². The molecule has 8 nitrogen and oxygen atoms in total. The first kappa shape index (κ1) is 20.2. The summed E-state index contributed by atoms with van der Waals surface area (Å²) in [5, 5.41) is 12.3. The normalized spacial score (nSPS) is 17.6. The summed E-state index contributed by atoms with van der Waals surface area (Å²) in [4.78, 5) is 24.5. The Morgan fingerprint density at radius 1 is 1.09 bits per heavy atom. The smallest absolute Gasteiger partial charge is 0.270 e. The van der Waals surface area contributed by atoms with Gasteiger partial charge in [-0.1, -0.05) is 23.7 Å². The van der Waals surface area contributed by atoms with Gasteiger partial charge in [-0.2, -0.15) is 0 Å². The second-order valence-corrected chi connectivity index (χ2v) is 7.87. The van der Waals surface area contributed by atoms with Gasteiger partial charge in [0.1, 0.15) is 29.4 Å². The molecule has 5 rings (SSSR count). The van der Waals surface area contributed by atoms with E-state index in [1.807, 2.05) is 28.8 Å². The lowest BCUT2D eigenvalue weighted by molar-refractivity contribution is 0.0902. The SMILES string of the molecule is O=C(N[C@H]1C[C@H](c2nnc(-c3ccncn3)n2-c2ccccc2Cl)C1)c1ccc(F)cn1. The van der Waals surface area contributed by atoms with E-state index in [0.29, 0.717) is 29.4 Å². The summed E-state index contributed by atoms with van der Waals surface area (Å²) in [7, 11) is 0. The molecule has 0 atom stereocenters. The van der Waals surface area contributed by atoms with Crippen LogP contribution in [-0.4, -0.2) is 41.7 Å². The van der Waals surface area contributed by atoms with E-state index in [1.165, 1.54) is 18.5 Å². The number of hydrogen-bond donors (Lipinski definition) is 1. The fourth-order valence-electron chi connectivity index (χ4n) is 3.74. The third kappa shape index (κ3) is 3.82. The Morgan fingerprint density at radius 2 is 1.94 bits per heavy atom. The van der Waals surface area contributed by atoms with E-state index in [4.69, 9.17) is 11.6 Å². The van der Waals surface area contributed by atoms with Crippen molar-refractivity contribution >= 4 is 17.5 Å². The molecule has 1 N–H and O–H groups in total. The monoisotopic (exact) mass is 449 g/mol. The van der Waals surface area contributed by atoms with E-state index in [9.17, 15) is 9.18 Å². The van der Waals surface area contributed by atoms with Crippen LogP contribution in [0.4, 0.5) is 4.39 Å². The van der Waals surface area contributed by atoms with Crippen LogP contribution in [0.2, 0.25) is 5.02 Å². The number of amides is 1. The molecule has 1 aromatic carbocycles. The molecule has 0 unspecified atom stereocenters. The van der Waals surface area contributed by atoms with Crippen molar-refractivity contribution < 1.29 is 9.18 Å². The van der Waals surface area contributed by atoms with Gasteiger partial charge >= 0.3 is 0 Å². The van der Waals surface area contributed by atoms with Crippen LogP contribution in [0.15, 0.2) is 61.2 Å². The van der Waals surface area contributed by atoms with Gasteiger partial charge in [0.25, 0.3) is 5.91 Å². The van der Waals surface area contributed by atoms with Gasteiger partial charge < -0.3 is 5.32 Å². The first-order chi connectivity index (χ1) is 15.6. The summed E-state index contributed by atoms with van der Waals surface area (Å²) in [6.45, 7) is 0. The van der Waals surface area contributed by atoms with Crippen LogP contribution < -0.4 is 5.32 Å². The van der Waals surface area contributed by atoms with Crippen molar-refractivity contribution in [3.8, 4) is 17.2 Å². The summed E-state index contributed by atoms with van der Waals surface area (Å²) >= 11 is 6.49. The first-order valence-electron chi connectivity index (χ1n) is 9.99. The predicted octanol–water partition coefficient (Wildman–Crippen LogP) is 3.59. The van der Waals surface area contributed by atoms with Crippen LogP contribution in [0.5, 0.6) is 0 Å². The van der Waals surface area contributed by atoms with Crippen molar-refractivity contribution in [2.45, 2.75) is 24.8 Å². The number of para-hydroxylation sites is 1. The molecule has 1 saturated carbocycles. The minimum absolute atomic E-state index is 0.0433. The molecule has 1 aliphatic carbocycles. The first-order valence-corrected chi connectivity index (χ1v) is 10.4. The molecule has 0 saturated heterocycles. The van der Waals surface area contributed by atoms with Crippen molar-refractivity contribution in [1.82, 2.24) is 35.0 Å². The molecule has 10 heteroatoms. The molecule has 1 fully saturated rings. The van der Waals surface area contributed by atoms with Gasteiger partial charge in [-0.05, 0) is 43.2 Å². The highest BCUT2D eigenvalue weighted by molar-refractivity contribution is 6.32. The van der Waals surface area contributed by atoms with Crippen LogP contribution in [0.25, 0.3) is 17.2 Å². The van der Waals surface area contributed by atoms with E-state index in [-0.39, 0.29) is 23.6 Å². The predicted molar refractivity (Wildman–Crippen MR) is 115 cm³/mol. The molecule has 0 aliphatic heterocycles. The maximum absolute atomic E-state index is 13.0. The van der Waals surface area contributed by atoms with Gasteiger partial charge in [-0.25, -0.2) is 19.3 Å². The van der Waals surface area contributed by atoms with Crippen molar-refractivity contribution in [3.63, 3.8) is 0 Å². The van der Waals surface area contributed by atoms with Gasteiger partial charge in [-0.15, -0.1) is 10.2 Å². The Bertz CT molecular complexity index is 1260. The van der Waals surface area contributed by atoms with E-state index in [0.717, 1.165) is 17.7 Å². The summed E-state index contributed by atoms with van der Waals surface area (Å²) in [5.74, 6) is 0.572. The second-order valence-electron chi connectivity index (χ2n) is 7.46. The number of hydrogen-bond acceptors (Lipinski definition) is 6. The average Bonchev–Trinajstić information content (AvgIpc) is 3.21. The lowest BCUT2D eigenvalue weighted by atomic mass is 9.79. The lowest BCUT2D eigenvalue weighted by Crippen LogP contribution is -2.44. The third-order valence-corrected chi connectivity index (χ3v) is 5.71. The topological polar surface area (TPSA) is 98.5 Å². The molecule has 1 aliphatic rings. The van der Waals surface area contributed by atoms with Gasteiger partial charge in [-0.3, -0.25) is 9.36 Å². The molecule has 3 aromatic heterocycles. The standard InChI is InChI=1S/C22H17ClFN7O/c23-16-3-1-2-4-19(16)31-20(29-30-21(31)17-7-8-25-12-27-17)13-9-15(10-13)28-22(32)18-6-5-14(24)11-26-18/h1-8,11-13,15H,9-10H2,(H,28,32)/t13-,15-. The number of pyridine rings is 1. The van der Waals surface area contributed by atoms with Gasteiger partial charge in [0.05, 0.1) is 16.9 Å². The molecule has 4 aromatic rings. The maximum atomic E-state index is 13.0. The zero-order chi connectivity index (χ0) is 22.1. The van der Waals surface area contributed by atoms with E-state index < -0.39 is 5.82 Å². The number of benzene rings is 1. The van der Waals surface area contributed by atoms with Crippen molar-refractivity contribution in [2.75, 3.05) is 0 Å². The molecule has 1 amide bonds. The highest BCUT2D eigenvalue weighted by Gasteiger charge is 2.36. The van der Waals surface area contributed by atoms with E-state index >= 15 is 0 Å². The summed E-state index contributed by atoms with van der Waals surface area (Å²) < 4.78 is 14.9. The number of nitrogens with zero attached hydrogens (tertiary/aromatic N) is 6. The number of carbonyl (C=O) groups is 1. The number of aromatic nitrogens is 6. The quantitative estimate of drug-likeness (QED) is 0.500. The zero-order valence-electron chi connectivity index (χ0n) is 16.7. The number of nitrogens with one attached hydrogen (secondary N) is 1. The van der Waals surface area contributed by atoms with E-state index in [1.54, 1.807) is 12.3 Å². The third-order valence-electron chi connectivity index (χ3n) is 5.39. The van der Waals surface area contributed by atoms with Crippen LogP contribution >= 0.6 is 11.6 Å². The van der Waals surface area contributed by atoms with Crippen molar-refractivity contribution in [2.24, 2.45) is 0 Å². The Kier molecular flexibility index (Phi) is 5.32. The largest absolute Gasteiger partial charge is 0.348 e. The van der Waals surface area contributed by atoms with Crippen LogP contribution in [0.1, 0.15) is 35.1 Å². The minimum atomic E-state index is -0.483. The summed E-state index contributed by atoms with van der Waals surface area (Å²) in [5.41, 5.74) is 1.57. The molecule has 32 heavy (non-hydrogen) atoms. The fraction of sp³-hybridized carbons (Fsp3) is 0.182. The number of carbonyl (C=O) groups excluding carboxylic acids is 1. The van der Waals surface area contributed by atoms with Gasteiger partial charge in [0.2, 0.25) is 0 Å². The minimum Gasteiger partial charge on any atom is -0.348 e. The Labute approximate surface area is 187 Å². The molecule has 160 valence electrons. The second kappa shape index (κ2) is 8.43.